The average Bonchev–Trinajstić information content (AvgIpc) is 2.97. The van der Waals surface area contributed by atoms with E-state index < -0.39 is 4.92 Å². The fourth-order valence-electron chi connectivity index (χ4n) is 1.78. The normalized spacial score (nSPS) is 11.1. The average molecular weight is 326 g/mol. The molecule has 0 aliphatic heterocycles. The predicted octanol–water partition coefficient (Wildman–Crippen LogP) is 4.25. The van der Waals surface area contributed by atoms with Crippen LogP contribution in [0.2, 0.25) is 5.02 Å². The Morgan fingerprint density at radius 3 is 3.00 bits per heavy atom. The van der Waals surface area contributed by atoms with Crippen molar-refractivity contribution < 1.29 is 4.92 Å². The van der Waals surface area contributed by atoms with Crippen LogP contribution in [0, 0.1) is 10.1 Å². The highest BCUT2D eigenvalue weighted by atomic mass is 35.5. The fraction of sp³-hybridized carbons (Fsp3) is 0.0833. The molecule has 0 bridgehead atoms. The van der Waals surface area contributed by atoms with Gasteiger partial charge in [0.2, 0.25) is 0 Å². The van der Waals surface area contributed by atoms with Crippen LogP contribution in [-0.4, -0.2) is 14.3 Å². The van der Waals surface area contributed by atoms with Crippen LogP contribution in [-0.2, 0) is 5.75 Å². The standard InChI is InChI=1S/C12H8ClN3O2S2/c13-9-4-2-1-3-8(9)7-20-10-11(16(17)18)15-5-6-19-12(15)14-10/h1-6H,7H2. The summed E-state index contributed by atoms with van der Waals surface area (Å²) in [5, 5.41) is 14.0. The van der Waals surface area contributed by atoms with Crippen LogP contribution in [0.4, 0.5) is 5.82 Å². The van der Waals surface area contributed by atoms with E-state index in [1.54, 1.807) is 17.6 Å². The van der Waals surface area contributed by atoms with Crippen LogP contribution >= 0.6 is 34.7 Å². The summed E-state index contributed by atoms with van der Waals surface area (Å²) < 4.78 is 1.50. The van der Waals surface area contributed by atoms with Gasteiger partial charge in [-0.3, -0.25) is 0 Å². The number of hydrogen-bond acceptors (Lipinski definition) is 5. The maximum absolute atomic E-state index is 11.2. The molecule has 8 heteroatoms. The zero-order chi connectivity index (χ0) is 14.1. The molecule has 0 aliphatic rings. The van der Waals surface area contributed by atoms with E-state index in [0.29, 0.717) is 20.8 Å². The fourth-order valence-corrected chi connectivity index (χ4v) is 3.82. The highest BCUT2D eigenvalue weighted by Gasteiger charge is 2.23. The summed E-state index contributed by atoms with van der Waals surface area (Å²) in [5.74, 6) is 0.559. The third kappa shape index (κ3) is 2.39. The van der Waals surface area contributed by atoms with Gasteiger partial charge in [0.05, 0.1) is 0 Å². The van der Waals surface area contributed by atoms with E-state index >= 15 is 0 Å². The molecule has 20 heavy (non-hydrogen) atoms. The van der Waals surface area contributed by atoms with Crippen molar-refractivity contribution in [1.82, 2.24) is 9.38 Å². The number of thioether (sulfide) groups is 1. The van der Waals surface area contributed by atoms with Crippen LogP contribution < -0.4 is 0 Å². The van der Waals surface area contributed by atoms with Crippen molar-refractivity contribution >= 4 is 45.5 Å². The Morgan fingerprint density at radius 2 is 2.25 bits per heavy atom. The number of imidazole rings is 1. The second kappa shape index (κ2) is 5.43. The molecular formula is C12H8ClN3O2S2. The molecule has 2 heterocycles. The lowest BCUT2D eigenvalue weighted by molar-refractivity contribution is -0.393. The van der Waals surface area contributed by atoms with Gasteiger partial charge in [-0.1, -0.05) is 52.9 Å². The van der Waals surface area contributed by atoms with Crippen molar-refractivity contribution in [1.29, 1.82) is 0 Å². The van der Waals surface area contributed by atoms with Gasteiger partial charge in [-0.05, 0) is 16.6 Å². The minimum absolute atomic E-state index is 0.0123. The minimum Gasteiger partial charge on any atom is -0.358 e. The van der Waals surface area contributed by atoms with E-state index in [4.69, 9.17) is 11.6 Å². The summed E-state index contributed by atoms with van der Waals surface area (Å²) in [6, 6.07) is 7.45. The maximum Gasteiger partial charge on any atom is 0.362 e. The minimum atomic E-state index is -0.401. The first-order valence-electron chi connectivity index (χ1n) is 5.63. The van der Waals surface area contributed by atoms with Gasteiger partial charge in [0.15, 0.2) is 5.03 Å². The molecule has 5 nitrogen and oxygen atoms in total. The lowest BCUT2D eigenvalue weighted by atomic mass is 10.2. The number of nitro groups is 1. The first-order chi connectivity index (χ1) is 9.66. The molecule has 3 rings (SSSR count). The second-order valence-corrected chi connectivity index (χ2v) is 6.18. The van der Waals surface area contributed by atoms with Crippen LogP contribution in [0.25, 0.3) is 4.96 Å². The van der Waals surface area contributed by atoms with Crippen LogP contribution in [0.15, 0.2) is 40.9 Å². The van der Waals surface area contributed by atoms with Crippen molar-refractivity contribution in [3.8, 4) is 0 Å². The number of nitrogens with zero attached hydrogens (tertiary/aromatic N) is 3. The van der Waals surface area contributed by atoms with Crippen LogP contribution in [0.5, 0.6) is 0 Å². The van der Waals surface area contributed by atoms with Gasteiger partial charge in [-0.2, -0.15) is 9.38 Å². The molecule has 0 amide bonds. The third-order valence-electron chi connectivity index (χ3n) is 2.70. The molecule has 2 aromatic heterocycles. The zero-order valence-electron chi connectivity index (χ0n) is 10.0. The van der Waals surface area contributed by atoms with Crippen molar-refractivity contribution in [2.45, 2.75) is 10.8 Å². The SMILES string of the molecule is O=[N+]([O-])c1c(SCc2ccccc2Cl)nc2sccn12. The smallest absolute Gasteiger partial charge is 0.358 e. The molecule has 0 N–H and O–H groups in total. The van der Waals surface area contributed by atoms with E-state index in [9.17, 15) is 10.1 Å². The van der Waals surface area contributed by atoms with E-state index in [1.165, 1.54) is 27.5 Å². The molecule has 3 aromatic rings. The molecule has 0 unspecified atom stereocenters. The van der Waals surface area contributed by atoms with Gasteiger partial charge < -0.3 is 10.1 Å². The van der Waals surface area contributed by atoms with Gasteiger partial charge in [0.25, 0.3) is 4.96 Å². The number of halogens is 1. The zero-order valence-corrected chi connectivity index (χ0v) is 12.4. The Morgan fingerprint density at radius 1 is 1.45 bits per heavy atom. The van der Waals surface area contributed by atoms with E-state index in [2.05, 4.69) is 4.98 Å². The van der Waals surface area contributed by atoms with Crippen molar-refractivity contribution in [3.63, 3.8) is 0 Å². The molecule has 0 fully saturated rings. The first-order valence-corrected chi connectivity index (χ1v) is 7.87. The number of aromatic nitrogens is 2. The number of fused-ring (bicyclic) bond motifs is 1. The number of hydrogen-bond donors (Lipinski definition) is 0. The molecule has 0 radical (unpaired) electrons. The lowest BCUT2D eigenvalue weighted by Crippen LogP contribution is -1.93. The Labute approximate surface area is 127 Å². The maximum atomic E-state index is 11.2. The van der Waals surface area contributed by atoms with Gasteiger partial charge in [0.1, 0.15) is 6.20 Å². The highest BCUT2D eigenvalue weighted by molar-refractivity contribution is 7.98. The second-order valence-electron chi connectivity index (χ2n) is 3.93. The van der Waals surface area contributed by atoms with Crippen molar-refractivity contribution in [2.75, 3.05) is 0 Å². The molecular weight excluding hydrogens is 318 g/mol. The monoisotopic (exact) mass is 325 g/mol. The Bertz CT molecular complexity index is 784. The van der Waals surface area contributed by atoms with E-state index in [1.807, 2.05) is 18.2 Å². The molecule has 0 saturated heterocycles. The van der Waals surface area contributed by atoms with E-state index in [0.717, 1.165) is 5.56 Å². The largest absolute Gasteiger partial charge is 0.362 e. The van der Waals surface area contributed by atoms with Gasteiger partial charge in [0, 0.05) is 16.2 Å². The topological polar surface area (TPSA) is 60.4 Å². The van der Waals surface area contributed by atoms with Crippen molar-refractivity contribution in [2.24, 2.45) is 0 Å². The molecule has 0 saturated carbocycles. The highest BCUT2D eigenvalue weighted by Crippen LogP contribution is 2.34. The van der Waals surface area contributed by atoms with Crippen LogP contribution in [0.3, 0.4) is 0 Å². The summed E-state index contributed by atoms with van der Waals surface area (Å²) >= 11 is 8.77. The molecule has 0 atom stereocenters. The Kier molecular flexibility index (Phi) is 3.64. The summed E-state index contributed by atoms with van der Waals surface area (Å²) in [6.07, 6.45) is 1.66. The molecule has 0 spiro atoms. The van der Waals surface area contributed by atoms with Crippen molar-refractivity contribution in [3.05, 3.63) is 56.5 Å². The molecule has 1 aromatic carbocycles. The first kappa shape index (κ1) is 13.4. The summed E-state index contributed by atoms with van der Waals surface area (Å²) in [6.45, 7) is 0. The quantitative estimate of drug-likeness (QED) is 0.409. The summed E-state index contributed by atoms with van der Waals surface area (Å²) in [5.41, 5.74) is 0.935. The van der Waals surface area contributed by atoms with Gasteiger partial charge in [-0.15, -0.1) is 0 Å². The molecule has 102 valence electrons. The Balaban J connectivity index is 1.91. The number of benzene rings is 1. The summed E-state index contributed by atoms with van der Waals surface area (Å²) in [7, 11) is 0. The van der Waals surface area contributed by atoms with Gasteiger partial charge in [-0.25, -0.2) is 0 Å². The predicted molar refractivity (Wildman–Crippen MR) is 80.7 cm³/mol. The number of rotatable bonds is 4. The van der Waals surface area contributed by atoms with E-state index in [-0.39, 0.29) is 5.82 Å². The summed E-state index contributed by atoms with van der Waals surface area (Å²) in [4.78, 5) is 15.7. The van der Waals surface area contributed by atoms with Crippen LogP contribution in [0.1, 0.15) is 5.56 Å². The lowest BCUT2D eigenvalue weighted by Gasteiger charge is -2.02. The number of thiazole rings is 1. The Hall–Kier alpha value is -1.57. The van der Waals surface area contributed by atoms with Gasteiger partial charge >= 0.3 is 5.82 Å². The molecule has 0 aliphatic carbocycles. The third-order valence-corrected chi connectivity index (χ3v) is 4.83.